The number of imide groups is 1. The van der Waals surface area contributed by atoms with Crippen molar-refractivity contribution in [1.82, 2.24) is 4.98 Å². The second kappa shape index (κ2) is 10.1. The first-order valence-electron chi connectivity index (χ1n) is 13.8. The highest BCUT2D eigenvalue weighted by Crippen LogP contribution is 2.53. The lowest BCUT2D eigenvalue weighted by Gasteiger charge is -2.18. The first-order chi connectivity index (χ1) is 20.3. The second-order valence-corrected chi connectivity index (χ2v) is 12.0. The van der Waals surface area contributed by atoms with Gasteiger partial charge in [-0.25, -0.2) is 9.78 Å². The summed E-state index contributed by atoms with van der Waals surface area (Å²) in [6.07, 6.45) is 5.04. The van der Waals surface area contributed by atoms with Gasteiger partial charge >= 0.3 is 5.97 Å². The van der Waals surface area contributed by atoms with Gasteiger partial charge in [-0.1, -0.05) is 70.5 Å². The molecule has 2 heterocycles. The Morgan fingerprint density at radius 2 is 1.60 bits per heavy atom. The molecule has 1 saturated carbocycles. The molecule has 42 heavy (non-hydrogen) atoms. The van der Waals surface area contributed by atoms with E-state index in [9.17, 15) is 19.2 Å². The van der Waals surface area contributed by atoms with Crippen molar-refractivity contribution in [1.29, 1.82) is 0 Å². The van der Waals surface area contributed by atoms with Gasteiger partial charge in [0.1, 0.15) is 0 Å². The fourth-order valence-corrected chi connectivity index (χ4v) is 6.84. The number of nitrogens with zero attached hydrogens (tertiary/aromatic N) is 2. The zero-order valence-corrected chi connectivity index (χ0v) is 24.2. The van der Waals surface area contributed by atoms with Gasteiger partial charge in [-0.2, -0.15) is 0 Å². The van der Waals surface area contributed by atoms with E-state index in [1.54, 1.807) is 60.7 Å². The van der Waals surface area contributed by atoms with Crippen molar-refractivity contribution in [3.8, 4) is 11.3 Å². The van der Waals surface area contributed by atoms with Crippen molar-refractivity contribution in [2.24, 2.45) is 23.7 Å². The smallest absolute Gasteiger partial charge is 0.339 e. The average Bonchev–Trinajstić information content (AvgIpc) is 3.69. The third-order valence-corrected chi connectivity index (χ3v) is 9.18. The van der Waals surface area contributed by atoms with E-state index in [1.165, 1.54) is 4.90 Å². The Morgan fingerprint density at radius 3 is 2.26 bits per heavy atom. The number of hydrogen-bond donors (Lipinski definition) is 0. The Labute approximate surface area is 250 Å². The van der Waals surface area contributed by atoms with Gasteiger partial charge in [-0.15, -0.1) is 0 Å². The number of aryl methyl sites for hydroxylation is 1. The maximum atomic E-state index is 13.3. The lowest BCUT2D eigenvalue weighted by Crippen LogP contribution is -2.32. The zero-order chi connectivity index (χ0) is 29.1. The number of benzene rings is 3. The van der Waals surface area contributed by atoms with E-state index in [-0.39, 0.29) is 41.3 Å². The van der Waals surface area contributed by atoms with Crippen LogP contribution in [0, 0.1) is 30.6 Å². The first-order valence-corrected chi connectivity index (χ1v) is 14.6. The molecule has 7 rings (SSSR count). The Kier molecular flexibility index (Phi) is 6.39. The fourth-order valence-electron chi connectivity index (χ4n) is 6.57. The Hall–Kier alpha value is -4.43. The number of esters is 1. The number of ether oxygens (including phenoxy) is 1. The minimum absolute atomic E-state index is 0.128. The van der Waals surface area contributed by atoms with E-state index in [1.807, 2.05) is 19.1 Å². The highest BCUT2D eigenvalue weighted by Gasteiger charge is 2.59. The number of anilines is 1. The van der Waals surface area contributed by atoms with Crippen LogP contribution in [0.4, 0.5) is 5.69 Å². The molecular weight excluding hydrogens is 596 g/mol. The molecule has 4 aromatic rings. The topological polar surface area (TPSA) is 93.6 Å². The van der Waals surface area contributed by atoms with Crippen LogP contribution in [0.15, 0.2) is 89.4 Å². The van der Waals surface area contributed by atoms with Crippen molar-refractivity contribution in [2.45, 2.75) is 13.3 Å². The van der Waals surface area contributed by atoms with Gasteiger partial charge in [-0.05, 0) is 61.1 Å². The number of carbonyl (C=O) groups excluding carboxylic acids is 4. The predicted octanol–water partition coefficient (Wildman–Crippen LogP) is 6.32. The number of pyridine rings is 1. The van der Waals surface area contributed by atoms with Gasteiger partial charge in [0.25, 0.3) is 0 Å². The number of hydrogen-bond acceptors (Lipinski definition) is 6. The summed E-state index contributed by atoms with van der Waals surface area (Å²) in [5, 5.41) is 0.625. The monoisotopic (exact) mass is 620 g/mol. The van der Waals surface area contributed by atoms with Gasteiger partial charge < -0.3 is 4.74 Å². The molecule has 1 saturated heterocycles. The zero-order valence-electron chi connectivity index (χ0n) is 22.6. The number of Topliss-reactive ketones (excluding diaryl/α,β-unsaturated/α-hetero) is 1. The van der Waals surface area contributed by atoms with Crippen LogP contribution in [0.25, 0.3) is 22.2 Å². The van der Waals surface area contributed by atoms with E-state index < -0.39 is 12.6 Å². The Balaban J connectivity index is 1.17. The quantitative estimate of drug-likeness (QED) is 0.108. The molecule has 2 aliphatic carbocycles. The summed E-state index contributed by atoms with van der Waals surface area (Å²) in [5.74, 6) is -1.42. The number of amides is 2. The van der Waals surface area contributed by atoms with Crippen LogP contribution in [-0.2, 0) is 14.3 Å². The SMILES string of the molecule is Cc1cccc2c(C(=O)OCC(=O)c3ccc(Br)cc3)cc(-c3ccc(N4C(=O)C5C6C=CC(C6)C5C4=O)cc3)nc12. The summed E-state index contributed by atoms with van der Waals surface area (Å²) in [6, 6.07) is 21.2. The first kappa shape index (κ1) is 26.5. The molecule has 7 nitrogen and oxygen atoms in total. The summed E-state index contributed by atoms with van der Waals surface area (Å²) >= 11 is 3.35. The maximum absolute atomic E-state index is 13.3. The molecule has 3 aromatic carbocycles. The molecule has 1 aliphatic heterocycles. The van der Waals surface area contributed by atoms with Gasteiger partial charge in [0.15, 0.2) is 12.4 Å². The largest absolute Gasteiger partial charge is 0.454 e. The van der Waals surface area contributed by atoms with E-state index >= 15 is 0 Å². The number of para-hydroxylation sites is 1. The molecule has 2 amide bonds. The summed E-state index contributed by atoms with van der Waals surface area (Å²) in [6.45, 7) is 1.52. The number of carbonyl (C=O) groups is 4. The van der Waals surface area contributed by atoms with Crippen molar-refractivity contribution in [3.63, 3.8) is 0 Å². The molecule has 8 heteroatoms. The van der Waals surface area contributed by atoms with Crippen LogP contribution < -0.4 is 4.90 Å². The fraction of sp³-hybridized carbons (Fsp3) is 0.206. The summed E-state index contributed by atoms with van der Waals surface area (Å²) < 4.78 is 6.32. The number of halogens is 1. The van der Waals surface area contributed by atoms with E-state index in [2.05, 4.69) is 28.1 Å². The van der Waals surface area contributed by atoms with Crippen molar-refractivity contribution >= 4 is 56.1 Å². The molecule has 0 N–H and O–H groups in total. The van der Waals surface area contributed by atoms with Crippen molar-refractivity contribution in [2.75, 3.05) is 11.5 Å². The second-order valence-electron chi connectivity index (χ2n) is 11.1. The van der Waals surface area contributed by atoms with Crippen LogP contribution in [0.1, 0.15) is 32.7 Å². The van der Waals surface area contributed by atoms with Gasteiger partial charge in [0.05, 0.1) is 34.3 Å². The number of ketones is 1. The lowest BCUT2D eigenvalue weighted by atomic mass is 9.85. The molecule has 4 atom stereocenters. The number of rotatable bonds is 6. The van der Waals surface area contributed by atoms with Gasteiger partial charge in [0, 0.05) is 21.0 Å². The maximum Gasteiger partial charge on any atom is 0.339 e. The van der Waals surface area contributed by atoms with Crippen molar-refractivity contribution in [3.05, 3.63) is 106 Å². The molecule has 0 radical (unpaired) electrons. The Bertz CT molecular complexity index is 1800. The average molecular weight is 621 g/mol. The van der Waals surface area contributed by atoms with Crippen LogP contribution in [0.3, 0.4) is 0 Å². The van der Waals surface area contributed by atoms with E-state index in [4.69, 9.17) is 9.72 Å². The molecule has 2 bridgehead atoms. The molecule has 3 aliphatic rings. The van der Waals surface area contributed by atoms with Crippen LogP contribution in [0.5, 0.6) is 0 Å². The summed E-state index contributed by atoms with van der Waals surface area (Å²) in [5.41, 5.74) is 4.06. The molecule has 0 spiro atoms. The number of fused-ring (bicyclic) bond motifs is 6. The summed E-state index contributed by atoms with van der Waals surface area (Å²) in [4.78, 5) is 58.6. The van der Waals surface area contributed by atoms with Crippen LogP contribution in [-0.4, -0.2) is 35.2 Å². The standard InChI is InChI=1S/C34H25BrN2O5/c1-18-3-2-4-25-26(34(41)42-17-28(38)20-7-11-23(35)12-8-20)16-27(36-31(18)25)19-9-13-24(14-10-19)37-32(39)29-21-5-6-22(15-21)30(29)33(37)40/h2-14,16,21-22,29-30H,15,17H2,1H3. The van der Waals surface area contributed by atoms with Gasteiger partial charge in [-0.3, -0.25) is 19.3 Å². The van der Waals surface area contributed by atoms with E-state index in [0.29, 0.717) is 39.0 Å². The number of allylic oxidation sites excluding steroid dienone is 2. The molecule has 2 fully saturated rings. The molecule has 4 unspecified atom stereocenters. The molecule has 208 valence electrons. The third kappa shape index (κ3) is 4.29. The highest BCUT2D eigenvalue weighted by molar-refractivity contribution is 9.10. The highest BCUT2D eigenvalue weighted by atomic mass is 79.9. The van der Waals surface area contributed by atoms with Gasteiger partial charge in [0.2, 0.25) is 11.8 Å². The summed E-state index contributed by atoms with van der Waals surface area (Å²) in [7, 11) is 0. The third-order valence-electron chi connectivity index (χ3n) is 8.65. The van der Waals surface area contributed by atoms with Crippen molar-refractivity contribution < 1.29 is 23.9 Å². The normalized spacial score (nSPS) is 22.2. The lowest BCUT2D eigenvalue weighted by molar-refractivity contribution is -0.123. The minimum Gasteiger partial charge on any atom is -0.454 e. The number of aromatic nitrogens is 1. The molecular formula is C34H25BrN2O5. The minimum atomic E-state index is -0.626. The van der Waals surface area contributed by atoms with E-state index in [0.717, 1.165) is 16.5 Å². The van der Waals surface area contributed by atoms with Crippen LogP contribution in [0.2, 0.25) is 0 Å². The Morgan fingerprint density at radius 1 is 0.929 bits per heavy atom. The molecule has 1 aromatic heterocycles. The predicted molar refractivity (Wildman–Crippen MR) is 161 cm³/mol. The van der Waals surface area contributed by atoms with Crippen LogP contribution >= 0.6 is 15.9 Å².